The molecule has 1 aliphatic heterocycles. The number of benzene rings is 2. The molecule has 2 fully saturated rings. The van der Waals surface area contributed by atoms with E-state index in [1.807, 2.05) is 31.2 Å². The highest BCUT2D eigenvalue weighted by molar-refractivity contribution is 6.23. The number of nitrogens with one attached hydrogen (secondary N) is 1. The molecule has 2 aromatic carbocycles. The van der Waals surface area contributed by atoms with Crippen LogP contribution >= 0.6 is 0 Å². The van der Waals surface area contributed by atoms with Crippen LogP contribution in [0.3, 0.4) is 0 Å². The van der Waals surface area contributed by atoms with E-state index in [0.717, 1.165) is 24.1 Å². The molecule has 1 heterocycles. The lowest BCUT2D eigenvalue weighted by molar-refractivity contribution is -0.123. The van der Waals surface area contributed by atoms with Crippen LogP contribution in [0.15, 0.2) is 60.2 Å². The minimum atomic E-state index is -0.255. The van der Waals surface area contributed by atoms with Crippen LogP contribution in [0.25, 0.3) is 0 Å². The van der Waals surface area contributed by atoms with E-state index < -0.39 is 0 Å². The van der Waals surface area contributed by atoms with Crippen molar-refractivity contribution in [3.63, 3.8) is 0 Å². The topological polar surface area (TPSA) is 66.5 Å². The first kappa shape index (κ1) is 18.8. The highest BCUT2D eigenvalue weighted by Gasteiger charge is 2.60. The molecule has 0 unspecified atom stereocenters. The summed E-state index contributed by atoms with van der Waals surface area (Å²) < 4.78 is 0. The molecule has 2 bridgehead atoms. The quantitative estimate of drug-likeness (QED) is 0.618. The number of nitrogens with zero attached hydrogens (tertiary/aromatic N) is 1. The third-order valence-corrected chi connectivity index (χ3v) is 6.89. The molecule has 5 rings (SSSR count). The number of rotatable bonds is 4. The molecule has 3 aliphatic rings. The van der Waals surface area contributed by atoms with E-state index in [1.54, 1.807) is 24.3 Å². The van der Waals surface area contributed by atoms with Crippen LogP contribution in [0.1, 0.15) is 36.2 Å². The SMILES string of the molecule is CCc1ccccc1NC(=O)c1cccc(N2C(=O)[C@@H]3[C@@H](C2=O)[C@H]2C=C(C)[C@H]3C2)c1. The summed E-state index contributed by atoms with van der Waals surface area (Å²) >= 11 is 0. The Morgan fingerprint density at radius 1 is 1.07 bits per heavy atom. The molecular weight excluding hydrogens is 376 g/mol. The summed E-state index contributed by atoms with van der Waals surface area (Å²) in [5.41, 5.74) is 3.96. The second-order valence-corrected chi connectivity index (χ2v) is 8.50. The van der Waals surface area contributed by atoms with Gasteiger partial charge in [0, 0.05) is 11.3 Å². The summed E-state index contributed by atoms with van der Waals surface area (Å²) in [5.74, 6) is -0.665. The van der Waals surface area contributed by atoms with Crippen LogP contribution < -0.4 is 10.2 Å². The molecule has 4 atom stereocenters. The monoisotopic (exact) mass is 400 g/mol. The number of amides is 3. The predicted octanol–water partition coefficient (Wildman–Crippen LogP) is 4.20. The zero-order chi connectivity index (χ0) is 21.0. The van der Waals surface area contributed by atoms with Gasteiger partial charge in [-0.2, -0.15) is 0 Å². The molecule has 152 valence electrons. The van der Waals surface area contributed by atoms with Crippen LogP contribution in [0.4, 0.5) is 11.4 Å². The third kappa shape index (κ3) is 2.72. The maximum Gasteiger partial charge on any atom is 0.255 e. The Balaban J connectivity index is 1.41. The number of para-hydroxylation sites is 1. The number of allylic oxidation sites excluding steroid dienone is 2. The van der Waals surface area contributed by atoms with Crippen molar-refractivity contribution in [3.8, 4) is 0 Å². The summed E-state index contributed by atoms with van der Waals surface area (Å²) in [4.78, 5) is 40.5. The Morgan fingerprint density at radius 3 is 2.63 bits per heavy atom. The number of carbonyl (C=O) groups excluding carboxylic acids is 3. The fourth-order valence-electron chi connectivity index (χ4n) is 5.46. The molecule has 5 heteroatoms. The molecule has 5 nitrogen and oxygen atoms in total. The standard InChI is InChI=1S/C25H24N2O3/c1-3-15-7-4-5-10-20(15)26-23(28)16-8-6-9-18(12-16)27-24(29)21-17-11-14(2)19(13-17)22(21)25(27)30/h4-12,17,19,21-22H,3,13H2,1-2H3,(H,26,28)/t17-,19+,21-,22-/m0/s1. The van der Waals surface area contributed by atoms with E-state index in [2.05, 4.69) is 18.3 Å². The van der Waals surface area contributed by atoms with Gasteiger partial charge < -0.3 is 5.32 Å². The van der Waals surface area contributed by atoms with Gasteiger partial charge in [0.1, 0.15) is 0 Å². The van der Waals surface area contributed by atoms with Crippen molar-refractivity contribution in [2.24, 2.45) is 23.7 Å². The Kier molecular flexibility index (Phi) is 4.35. The highest BCUT2D eigenvalue weighted by atomic mass is 16.2. The molecule has 2 aliphatic carbocycles. The minimum Gasteiger partial charge on any atom is -0.322 e. The van der Waals surface area contributed by atoms with Crippen molar-refractivity contribution in [2.75, 3.05) is 10.2 Å². The van der Waals surface area contributed by atoms with Gasteiger partial charge in [0.25, 0.3) is 5.91 Å². The van der Waals surface area contributed by atoms with Gasteiger partial charge in [0.2, 0.25) is 11.8 Å². The summed E-state index contributed by atoms with van der Waals surface area (Å²) in [7, 11) is 0. The van der Waals surface area contributed by atoms with Gasteiger partial charge >= 0.3 is 0 Å². The molecule has 1 saturated heterocycles. The lowest BCUT2D eigenvalue weighted by Crippen LogP contribution is -2.33. The summed E-state index contributed by atoms with van der Waals surface area (Å²) in [6.45, 7) is 4.09. The van der Waals surface area contributed by atoms with Gasteiger partial charge in [0.15, 0.2) is 0 Å². The van der Waals surface area contributed by atoms with Crippen molar-refractivity contribution >= 4 is 29.1 Å². The average Bonchev–Trinajstić information content (AvgIpc) is 3.39. The van der Waals surface area contributed by atoms with E-state index >= 15 is 0 Å². The van der Waals surface area contributed by atoms with E-state index in [9.17, 15) is 14.4 Å². The van der Waals surface area contributed by atoms with Crippen molar-refractivity contribution in [2.45, 2.75) is 26.7 Å². The van der Waals surface area contributed by atoms with E-state index in [4.69, 9.17) is 0 Å². The number of aryl methyl sites for hydroxylation is 1. The lowest BCUT2D eigenvalue weighted by atomic mass is 9.82. The van der Waals surface area contributed by atoms with Gasteiger partial charge in [-0.25, -0.2) is 4.90 Å². The molecule has 0 spiro atoms. The average molecular weight is 400 g/mol. The Morgan fingerprint density at radius 2 is 1.83 bits per heavy atom. The number of anilines is 2. The minimum absolute atomic E-state index is 0.126. The number of fused-ring (bicyclic) bond motifs is 5. The fraction of sp³-hybridized carbons (Fsp3) is 0.320. The zero-order valence-corrected chi connectivity index (χ0v) is 17.1. The van der Waals surface area contributed by atoms with Crippen LogP contribution in [-0.4, -0.2) is 17.7 Å². The normalized spacial score (nSPS) is 26.7. The van der Waals surface area contributed by atoms with Gasteiger partial charge in [-0.3, -0.25) is 14.4 Å². The van der Waals surface area contributed by atoms with E-state index in [0.29, 0.717) is 11.3 Å². The van der Waals surface area contributed by atoms with Crippen LogP contribution in [0.2, 0.25) is 0 Å². The smallest absolute Gasteiger partial charge is 0.255 e. The van der Waals surface area contributed by atoms with Crippen LogP contribution in [0, 0.1) is 23.7 Å². The molecule has 3 amide bonds. The van der Waals surface area contributed by atoms with Crippen LogP contribution in [0.5, 0.6) is 0 Å². The number of hydrogen-bond acceptors (Lipinski definition) is 3. The second kappa shape index (κ2) is 6.94. The molecule has 2 aromatic rings. The largest absolute Gasteiger partial charge is 0.322 e. The number of carbonyl (C=O) groups is 3. The number of hydrogen-bond donors (Lipinski definition) is 1. The van der Waals surface area contributed by atoms with Gasteiger partial charge in [-0.15, -0.1) is 0 Å². The van der Waals surface area contributed by atoms with Gasteiger partial charge in [-0.1, -0.05) is 42.8 Å². The first-order chi connectivity index (χ1) is 14.5. The molecule has 0 aromatic heterocycles. The molecular formula is C25H24N2O3. The predicted molar refractivity (Wildman–Crippen MR) is 115 cm³/mol. The molecule has 30 heavy (non-hydrogen) atoms. The first-order valence-corrected chi connectivity index (χ1v) is 10.5. The summed E-state index contributed by atoms with van der Waals surface area (Å²) in [6.07, 6.45) is 3.88. The summed E-state index contributed by atoms with van der Waals surface area (Å²) in [6, 6.07) is 14.5. The van der Waals surface area contributed by atoms with E-state index in [1.165, 1.54) is 10.5 Å². The molecule has 1 N–H and O–H groups in total. The fourth-order valence-corrected chi connectivity index (χ4v) is 5.46. The Labute approximate surface area is 175 Å². The van der Waals surface area contributed by atoms with Crippen molar-refractivity contribution in [3.05, 3.63) is 71.3 Å². The number of imide groups is 1. The Hall–Kier alpha value is -3.21. The Bertz CT molecular complexity index is 1100. The zero-order valence-electron chi connectivity index (χ0n) is 17.1. The summed E-state index contributed by atoms with van der Waals surface area (Å²) in [5, 5.41) is 2.95. The second-order valence-electron chi connectivity index (χ2n) is 8.50. The van der Waals surface area contributed by atoms with Gasteiger partial charge in [0.05, 0.1) is 17.5 Å². The van der Waals surface area contributed by atoms with Gasteiger partial charge in [-0.05, 0) is 61.4 Å². The maximum absolute atomic E-state index is 13.2. The molecule has 1 saturated carbocycles. The third-order valence-electron chi connectivity index (χ3n) is 6.89. The van der Waals surface area contributed by atoms with E-state index in [-0.39, 0.29) is 41.4 Å². The maximum atomic E-state index is 13.2. The van der Waals surface area contributed by atoms with Crippen LogP contribution in [-0.2, 0) is 16.0 Å². The first-order valence-electron chi connectivity index (χ1n) is 10.5. The van der Waals surface area contributed by atoms with Crippen molar-refractivity contribution < 1.29 is 14.4 Å². The van der Waals surface area contributed by atoms with Crippen molar-refractivity contribution in [1.82, 2.24) is 0 Å². The lowest BCUT2D eigenvalue weighted by Gasteiger charge is -2.19. The molecule has 0 radical (unpaired) electrons. The highest BCUT2D eigenvalue weighted by Crippen LogP contribution is 2.55. The van der Waals surface area contributed by atoms with Crippen molar-refractivity contribution in [1.29, 1.82) is 0 Å².